The summed E-state index contributed by atoms with van der Waals surface area (Å²) in [6.45, 7) is 0.566. The molecule has 4 rings (SSSR count). The van der Waals surface area contributed by atoms with E-state index in [4.69, 9.17) is 11.6 Å². The van der Waals surface area contributed by atoms with Gasteiger partial charge in [0.1, 0.15) is 5.65 Å². The number of hydrogen-bond acceptors (Lipinski definition) is 3. The molecular weight excluding hydrogens is 290 g/mol. The van der Waals surface area contributed by atoms with Crippen molar-refractivity contribution in [2.75, 3.05) is 0 Å². The Labute approximate surface area is 123 Å². The van der Waals surface area contributed by atoms with Crippen molar-refractivity contribution in [3.8, 4) is 0 Å². The van der Waals surface area contributed by atoms with Crippen LogP contribution in [0.15, 0.2) is 47.8 Å². The summed E-state index contributed by atoms with van der Waals surface area (Å²) in [6.07, 6.45) is 4.77. The van der Waals surface area contributed by atoms with Crippen LogP contribution in [0.1, 0.15) is 5.56 Å². The smallest absolute Gasteiger partial charge is 0.287 e. The highest BCUT2D eigenvalue weighted by Gasteiger charge is 2.13. The van der Waals surface area contributed by atoms with E-state index in [2.05, 4.69) is 15.0 Å². The largest absolute Gasteiger partial charge is 0.330 e. The molecule has 21 heavy (non-hydrogen) atoms. The molecule has 0 aliphatic heterocycles. The molecule has 3 aromatic heterocycles. The number of nitrogens with one attached hydrogen (secondary N) is 1. The second kappa shape index (κ2) is 4.46. The van der Waals surface area contributed by atoms with Gasteiger partial charge in [-0.3, -0.25) is 9.36 Å². The van der Waals surface area contributed by atoms with Gasteiger partial charge in [0.15, 0.2) is 5.52 Å². The van der Waals surface area contributed by atoms with Crippen molar-refractivity contribution in [1.29, 1.82) is 0 Å². The lowest BCUT2D eigenvalue weighted by atomic mass is 10.2. The molecule has 0 bridgehead atoms. The van der Waals surface area contributed by atoms with Gasteiger partial charge in [-0.05, 0) is 17.7 Å². The van der Waals surface area contributed by atoms with Gasteiger partial charge in [-0.1, -0.05) is 23.7 Å². The topological polar surface area (TPSA) is 68.0 Å². The number of aromatic nitrogens is 5. The number of H-pyrrole nitrogens is 1. The maximum atomic E-state index is 12.3. The van der Waals surface area contributed by atoms with Crippen LogP contribution >= 0.6 is 11.6 Å². The number of rotatable bonds is 2. The molecule has 0 aliphatic carbocycles. The summed E-state index contributed by atoms with van der Waals surface area (Å²) in [5, 5.41) is 0.691. The summed E-state index contributed by atoms with van der Waals surface area (Å²) in [6, 6.07) is 7.57. The Morgan fingerprint density at radius 3 is 2.81 bits per heavy atom. The van der Waals surface area contributed by atoms with Gasteiger partial charge in [-0.2, -0.15) is 0 Å². The molecule has 6 nitrogen and oxygen atoms in total. The minimum atomic E-state index is -0.175. The number of fused-ring (bicyclic) bond motifs is 2. The van der Waals surface area contributed by atoms with Crippen LogP contribution in [0.4, 0.5) is 0 Å². The summed E-state index contributed by atoms with van der Waals surface area (Å²) in [5.74, 6) is 0.576. The number of hydrogen-bond donors (Lipinski definition) is 1. The van der Waals surface area contributed by atoms with Crippen molar-refractivity contribution >= 4 is 28.5 Å². The lowest BCUT2D eigenvalue weighted by Crippen LogP contribution is -2.19. The highest BCUT2D eigenvalue weighted by atomic mass is 35.5. The SMILES string of the molecule is O=c1c2nc[nH]c2n(Cc2ccc(Cl)cc2)c2nccn12. The first-order chi connectivity index (χ1) is 10.2. The molecule has 0 atom stereocenters. The number of halogens is 1. The molecular formula is C14H10ClN5O. The maximum absolute atomic E-state index is 12.3. The highest BCUT2D eigenvalue weighted by molar-refractivity contribution is 6.30. The van der Waals surface area contributed by atoms with Crippen molar-refractivity contribution in [2.45, 2.75) is 6.54 Å². The Morgan fingerprint density at radius 2 is 2.00 bits per heavy atom. The lowest BCUT2D eigenvalue weighted by Gasteiger charge is -2.10. The number of imidazole rings is 2. The fourth-order valence-corrected chi connectivity index (χ4v) is 2.57. The molecule has 4 aromatic rings. The van der Waals surface area contributed by atoms with E-state index < -0.39 is 0 Å². The van der Waals surface area contributed by atoms with E-state index in [1.807, 2.05) is 28.8 Å². The summed E-state index contributed by atoms with van der Waals surface area (Å²) >= 11 is 5.91. The molecule has 1 aromatic carbocycles. The van der Waals surface area contributed by atoms with Gasteiger partial charge in [-0.15, -0.1) is 0 Å². The minimum Gasteiger partial charge on any atom is -0.330 e. The monoisotopic (exact) mass is 299 g/mol. The average Bonchev–Trinajstić information content (AvgIpc) is 3.15. The van der Waals surface area contributed by atoms with E-state index in [0.717, 1.165) is 5.56 Å². The molecule has 7 heteroatoms. The molecule has 3 heterocycles. The first-order valence-corrected chi connectivity index (χ1v) is 6.75. The predicted octanol–water partition coefficient (Wildman–Crippen LogP) is 2.07. The number of benzene rings is 1. The Kier molecular flexibility index (Phi) is 2.58. The van der Waals surface area contributed by atoms with Crippen molar-refractivity contribution in [2.24, 2.45) is 0 Å². The van der Waals surface area contributed by atoms with Gasteiger partial charge < -0.3 is 4.98 Å². The van der Waals surface area contributed by atoms with Crippen LogP contribution in [0.5, 0.6) is 0 Å². The van der Waals surface area contributed by atoms with Gasteiger partial charge in [0.25, 0.3) is 5.56 Å². The summed E-state index contributed by atoms with van der Waals surface area (Å²) in [7, 11) is 0. The van der Waals surface area contributed by atoms with Crippen LogP contribution in [-0.2, 0) is 6.54 Å². The standard InChI is InChI=1S/C14H10ClN5O/c15-10-3-1-9(2-4-10)7-20-12-11(17-8-18-12)13(21)19-6-5-16-14(19)20/h1-6,8H,7H2,(H,17,18). The Bertz CT molecular complexity index is 941. The van der Waals surface area contributed by atoms with Gasteiger partial charge in [0, 0.05) is 17.4 Å². The van der Waals surface area contributed by atoms with E-state index in [-0.39, 0.29) is 5.56 Å². The van der Waals surface area contributed by atoms with Crippen molar-refractivity contribution in [3.63, 3.8) is 0 Å². The zero-order chi connectivity index (χ0) is 14.4. The molecule has 0 fully saturated rings. The van der Waals surface area contributed by atoms with Gasteiger partial charge in [0.05, 0.1) is 12.9 Å². The van der Waals surface area contributed by atoms with Gasteiger partial charge in [-0.25, -0.2) is 14.4 Å². The fraction of sp³-hybridized carbons (Fsp3) is 0.0714. The Morgan fingerprint density at radius 1 is 1.19 bits per heavy atom. The lowest BCUT2D eigenvalue weighted by molar-refractivity contribution is 0.807. The van der Waals surface area contributed by atoms with E-state index in [1.165, 1.54) is 10.7 Å². The fourth-order valence-electron chi connectivity index (χ4n) is 2.44. The van der Waals surface area contributed by atoms with E-state index in [1.54, 1.807) is 12.4 Å². The molecule has 1 N–H and O–H groups in total. The second-order valence-corrected chi connectivity index (χ2v) is 5.15. The zero-order valence-corrected chi connectivity index (χ0v) is 11.6. The first kappa shape index (κ1) is 12.2. The van der Waals surface area contributed by atoms with Crippen LogP contribution in [-0.4, -0.2) is 23.9 Å². The molecule has 0 spiro atoms. The quantitative estimate of drug-likeness (QED) is 0.616. The van der Waals surface area contributed by atoms with Gasteiger partial charge >= 0.3 is 0 Å². The Hall–Kier alpha value is -2.60. The molecule has 0 saturated heterocycles. The summed E-state index contributed by atoms with van der Waals surface area (Å²) < 4.78 is 3.42. The van der Waals surface area contributed by atoms with Crippen LogP contribution in [0, 0.1) is 0 Å². The van der Waals surface area contributed by atoms with Crippen LogP contribution in [0.2, 0.25) is 5.02 Å². The third-order valence-corrected chi connectivity index (χ3v) is 3.68. The van der Waals surface area contributed by atoms with Crippen molar-refractivity contribution < 1.29 is 0 Å². The average molecular weight is 300 g/mol. The van der Waals surface area contributed by atoms with Crippen molar-refractivity contribution in [3.05, 3.63) is 63.9 Å². The van der Waals surface area contributed by atoms with Crippen LogP contribution < -0.4 is 5.56 Å². The predicted molar refractivity (Wildman–Crippen MR) is 79.7 cm³/mol. The number of aromatic amines is 1. The van der Waals surface area contributed by atoms with E-state index in [9.17, 15) is 4.79 Å². The number of nitrogens with zero attached hydrogens (tertiary/aromatic N) is 4. The third kappa shape index (κ3) is 1.84. The highest BCUT2D eigenvalue weighted by Crippen LogP contribution is 2.15. The Balaban J connectivity index is 1.99. The van der Waals surface area contributed by atoms with E-state index in [0.29, 0.717) is 28.5 Å². The van der Waals surface area contributed by atoms with Crippen LogP contribution in [0.3, 0.4) is 0 Å². The minimum absolute atomic E-state index is 0.175. The normalized spacial score (nSPS) is 11.5. The summed E-state index contributed by atoms with van der Waals surface area (Å²) in [4.78, 5) is 23.7. The van der Waals surface area contributed by atoms with E-state index >= 15 is 0 Å². The molecule has 0 radical (unpaired) electrons. The van der Waals surface area contributed by atoms with Crippen molar-refractivity contribution in [1.82, 2.24) is 23.9 Å². The molecule has 104 valence electrons. The van der Waals surface area contributed by atoms with Crippen LogP contribution in [0.25, 0.3) is 16.9 Å². The second-order valence-electron chi connectivity index (χ2n) is 4.71. The summed E-state index contributed by atoms with van der Waals surface area (Å²) in [5.41, 5.74) is 1.94. The molecule has 0 saturated carbocycles. The zero-order valence-electron chi connectivity index (χ0n) is 10.8. The van der Waals surface area contributed by atoms with Gasteiger partial charge in [0.2, 0.25) is 5.78 Å². The third-order valence-electron chi connectivity index (χ3n) is 3.43. The molecule has 0 amide bonds. The first-order valence-electron chi connectivity index (χ1n) is 6.37. The molecule has 0 aliphatic rings. The molecule has 0 unspecified atom stereocenters. The maximum Gasteiger partial charge on any atom is 0.287 e.